The minimum absolute atomic E-state index is 0.150. The number of fused-ring (bicyclic) bond motifs is 1. The summed E-state index contributed by atoms with van der Waals surface area (Å²) in [6, 6.07) is 2.37. The lowest BCUT2D eigenvalue weighted by molar-refractivity contribution is -0.188. The first-order valence-corrected chi connectivity index (χ1v) is 8.30. The summed E-state index contributed by atoms with van der Waals surface area (Å²) in [5.74, 6) is 1.48. The van der Waals surface area contributed by atoms with Gasteiger partial charge in [-0.3, -0.25) is 0 Å². The van der Waals surface area contributed by atoms with Crippen molar-refractivity contribution in [3.05, 3.63) is 24.2 Å². The van der Waals surface area contributed by atoms with Crippen molar-refractivity contribution in [3.8, 4) is 0 Å². The fourth-order valence-corrected chi connectivity index (χ4v) is 3.84. The maximum atomic E-state index is 5.97. The van der Waals surface area contributed by atoms with E-state index in [1.54, 1.807) is 12.5 Å². The zero-order chi connectivity index (χ0) is 15.6. The molecule has 3 rings (SSSR count). The topological polar surface area (TPSA) is 58.8 Å². The van der Waals surface area contributed by atoms with Crippen LogP contribution in [0.4, 0.5) is 0 Å². The Morgan fingerprint density at radius 1 is 1.45 bits per heavy atom. The van der Waals surface area contributed by atoms with Crippen molar-refractivity contribution < 1.29 is 9.15 Å². The molecule has 5 nitrogen and oxygen atoms in total. The number of nitrogens with one attached hydrogen (secondary N) is 2. The molecule has 2 heterocycles. The van der Waals surface area contributed by atoms with E-state index in [2.05, 4.69) is 36.4 Å². The molecule has 1 saturated heterocycles. The smallest absolute Gasteiger partial charge is 0.191 e. The molecular weight excluding hydrogens is 278 g/mol. The lowest BCUT2D eigenvalue weighted by Crippen LogP contribution is -2.71. The first kappa shape index (κ1) is 15.4. The zero-order valence-corrected chi connectivity index (χ0v) is 13.8. The van der Waals surface area contributed by atoms with Gasteiger partial charge in [-0.2, -0.15) is 0 Å². The van der Waals surface area contributed by atoms with E-state index in [4.69, 9.17) is 9.15 Å². The van der Waals surface area contributed by atoms with E-state index in [9.17, 15) is 0 Å². The van der Waals surface area contributed by atoms with Crippen LogP contribution in [0.25, 0.3) is 0 Å². The van der Waals surface area contributed by atoms with E-state index in [-0.39, 0.29) is 5.41 Å². The third-order valence-corrected chi connectivity index (χ3v) is 4.97. The molecule has 122 valence electrons. The molecule has 0 spiro atoms. The molecular formula is C17H27N3O2. The second kappa shape index (κ2) is 6.32. The highest BCUT2D eigenvalue weighted by Gasteiger charge is 2.58. The molecule has 1 aromatic rings. The number of ether oxygens (including phenoxy) is 1. The van der Waals surface area contributed by atoms with Crippen LogP contribution < -0.4 is 10.6 Å². The fraction of sp³-hybridized carbons (Fsp3) is 0.706. The number of rotatable bonds is 4. The molecule has 5 heteroatoms. The molecule has 1 aliphatic carbocycles. The number of hydrogen-bond acceptors (Lipinski definition) is 3. The molecule has 1 aliphatic heterocycles. The van der Waals surface area contributed by atoms with Gasteiger partial charge in [-0.15, -0.1) is 0 Å². The van der Waals surface area contributed by atoms with Crippen LogP contribution in [0.15, 0.2) is 28.0 Å². The Labute approximate surface area is 132 Å². The maximum absolute atomic E-state index is 5.97. The fourth-order valence-electron chi connectivity index (χ4n) is 3.84. The van der Waals surface area contributed by atoms with Gasteiger partial charge >= 0.3 is 0 Å². The van der Waals surface area contributed by atoms with Gasteiger partial charge in [0, 0.05) is 36.1 Å². The summed E-state index contributed by atoms with van der Waals surface area (Å²) in [5.41, 5.74) is 1.24. The highest BCUT2D eigenvalue weighted by molar-refractivity contribution is 5.80. The summed E-state index contributed by atoms with van der Waals surface area (Å²) in [4.78, 5) is 4.67. The van der Waals surface area contributed by atoms with Gasteiger partial charge in [0.25, 0.3) is 0 Å². The summed E-state index contributed by atoms with van der Waals surface area (Å²) in [7, 11) is 0. The van der Waals surface area contributed by atoms with E-state index in [1.807, 2.05) is 6.07 Å². The van der Waals surface area contributed by atoms with E-state index in [0.29, 0.717) is 24.6 Å². The van der Waals surface area contributed by atoms with Gasteiger partial charge < -0.3 is 19.8 Å². The van der Waals surface area contributed by atoms with Crippen molar-refractivity contribution in [3.63, 3.8) is 0 Å². The van der Waals surface area contributed by atoms with E-state index < -0.39 is 0 Å². The molecule has 2 N–H and O–H groups in total. The largest absolute Gasteiger partial charge is 0.472 e. The Hall–Kier alpha value is -1.49. The number of guanidine groups is 1. The van der Waals surface area contributed by atoms with Gasteiger partial charge in [0.2, 0.25) is 0 Å². The molecule has 0 amide bonds. The van der Waals surface area contributed by atoms with Crippen molar-refractivity contribution in [2.45, 2.75) is 52.3 Å². The lowest BCUT2D eigenvalue weighted by atomic mass is 9.55. The predicted molar refractivity (Wildman–Crippen MR) is 86.7 cm³/mol. The standard InChI is InChI=1S/C17H27N3O2/c1-4-18-16(19-10-12-7-9-21-11-12)20-14-13-6-5-8-22-15(13)17(14,2)3/h7,9,11,13-15H,4-6,8,10H2,1-3H3,(H2,18,19,20). The maximum Gasteiger partial charge on any atom is 0.191 e. The zero-order valence-electron chi connectivity index (χ0n) is 13.8. The van der Waals surface area contributed by atoms with Crippen LogP contribution in [0.2, 0.25) is 0 Å². The molecule has 0 bridgehead atoms. The summed E-state index contributed by atoms with van der Waals surface area (Å²) in [6.45, 7) is 9.06. The summed E-state index contributed by atoms with van der Waals surface area (Å²) in [5, 5.41) is 6.98. The molecule has 1 saturated carbocycles. The van der Waals surface area contributed by atoms with Crippen LogP contribution in [-0.2, 0) is 11.3 Å². The Bertz CT molecular complexity index is 510. The number of furan rings is 1. The Balaban J connectivity index is 1.66. The van der Waals surface area contributed by atoms with Gasteiger partial charge in [-0.1, -0.05) is 13.8 Å². The summed E-state index contributed by atoms with van der Waals surface area (Å²) in [6.07, 6.45) is 6.22. The monoisotopic (exact) mass is 305 g/mol. The van der Waals surface area contributed by atoms with Crippen LogP contribution in [0.3, 0.4) is 0 Å². The first-order valence-electron chi connectivity index (χ1n) is 8.30. The molecule has 2 aliphatic rings. The number of nitrogens with zero attached hydrogens (tertiary/aromatic N) is 1. The van der Waals surface area contributed by atoms with Crippen LogP contribution in [0.5, 0.6) is 0 Å². The normalized spacial score (nSPS) is 30.3. The molecule has 22 heavy (non-hydrogen) atoms. The SMILES string of the molecule is CCNC(=NCc1ccoc1)NC1C2CCCOC2C1(C)C. The summed E-state index contributed by atoms with van der Waals surface area (Å²) >= 11 is 0. The van der Waals surface area contributed by atoms with Crippen molar-refractivity contribution in [1.82, 2.24) is 10.6 Å². The van der Waals surface area contributed by atoms with E-state index in [0.717, 1.165) is 31.1 Å². The molecule has 0 radical (unpaired) electrons. The van der Waals surface area contributed by atoms with Crippen molar-refractivity contribution in [2.75, 3.05) is 13.2 Å². The minimum Gasteiger partial charge on any atom is -0.472 e. The molecule has 3 unspecified atom stereocenters. The van der Waals surface area contributed by atoms with Crippen molar-refractivity contribution in [1.29, 1.82) is 0 Å². The average molecular weight is 305 g/mol. The number of hydrogen-bond donors (Lipinski definition) is 2. The first-order chi connectivity index (χ1) is 10.6. The molecule has 2 fully saturated rings. The van der Waals surface area contributed by atoms with Crippen LogP contribution in [-0.4, -0.2) is 31.3 Å². The second-order valence-electron chi connectivity index (χ2n) is 6.87. The van der Waals surface area contributed by atoms with Gasteiger partial charge in [-0.05, 0) is 25.8 Å². The average Bonchev–Trinajstić information content (AvgIpc) is 3.03. The summed E-state index contributed by atoms with van der Waals surface area (Å²) < 4.78 is 11.1. The second-order valence-corrected chi connectivity index (χ2v) is 6.87. The Morgan fingerprint density at radius 2 is 2.32 bits per heavy atom. The Morgan fingerprint density at radius 3 is 3.05 bits per heavy atom. The molecule has 1 aromatic heterocycles. The highest BCUT2D eigenvalue weighted by atomic mass is 16.5. The van der Waals surface area contributed by atoms with Crippen LogP contribution in [0.1, 0.15) is 39.2 Å². The third kappa shape index (κ3) is 2.86. The third-order valence-electron chi connectivity index (χ3n) is 4.97. The van der Waals surface area contributed by atoms with Gasteiger partial charge in [0.05, 0.1) is 25.2 Å². The molecule has 0 aromatic carbocycles. The lowest BCUT2D eigenvalue weighted by Gasteiger charge is -2.60. The van der Waals surface area contributed by atoms with Crippen LogP contribution >= 0.6 is 0 Å². The van der Waals surface area contributed by atoms with Crippen molar-refractivity contribution in [2.24, 2.45) is 16.3 Å². The van der Waals surface area contributed by atoms with Gasteiger partial charge in [-0.25, -0.2) is 4.99 Å². The highest BCUT2D eigenvalue weighted by Crippen LogP contribution is 2.51. The van der Waals surface area contributed by atoms with Crippen LogP contribution in [0, 0.1) is 11.3 Å². The molecule has 3 atom stereocenters. The predicted octanol–water partition coefficient (Wildman–Crippen LogP) is 2.54. The minimum atomic E-state index is 0.150. The van der Waals surface area contributed by atoms with Gasteiger partial charge in [0.1, 0.15) is 0 Å². The quantitative estimate of drug-likeness (QED) is 0.663. The van der Waals surface area contributed by atoms with Crippen molar-refractivity contribution >= 4 is 5.96 Å². The van der Waals surface area contributed by atoms with E-state index >= 15 is 0 Å². The number of aliphatic imine (C=N–C) groups is 1. The van der Waals surface area contributed by atoms with E-state index in [1.165, 1.54) is 6.42 Å². The van der Waals surface area contributed by atoms with Gasteiger partial charge in [0.15, 0.2) is 5.96 Å². The Kier molecular flexibility index (Phi) is 4.43.